The fourth-order valence-electron chi connectivity index (χ4n) is 8.48. The third kappa shape index (κ3) is 5.56. The minimum absolute atomic E-state index is 0.0146. The van der Waals surface area contributed by atoms with Crippen LogP contribution in [-0.2, 0) is 10.2 Å². The molecular weight excluding hydrogens is 560 g/mol. The van der Waals surface area contributed by atoms with Gasteiger partial charge in [-0.15, -0.1) is 0 Å². The highest BCUT2D eigenvalue weighted by atomic mass is 16.5. The predicted octanol–water partition coefficient (Wildman–Crippen LogP) is 6.95. The summed E-state index contributed by atoms with van der Waals surface area (Å²) in [6, 6.07) is 28.1. The van der Waals surface area contributed by atoms with Crippen LogP contribution < -0.4 is 0 Å². The van der Waals surface area contributed by atoms with Gasteiger partial charge in [0.05, 0.1) is 28.7 Å². The fraction of sp³-hybridized carbons (Fsp3) is 0.447. The van der Waals surface area contributed by atoms with E-state index < -0.39 is 5.97 Å². The van der Waals surface area contributed by atoms with E-state index >= 15 is 0 Å². The van der Waals surface area contributed by atoms with Gasteiger partial charge in [-0.05, 0) is 107 Å². The molecule has 4 aromatic rings. The number of ether oxygens (including phenoxy) is 1. The molecule has 7 nitrogen and oxygen atoms in total. The Morgan fingerprint density at radius 2 is 1.64 bits per heavy atom. The molecule has 3 aliphatic heterocycles. The molecule has 234 valence electrons. The second kappa shape index (κ2) is 12.1. The van der Waals surface area contributed by atoms with E-state index in [1.807, 2.05) is 18.7 Å². The lowest BCUT2D eigenvalue weighted by Gasteiger charge is -2.43. The van der Waals surface area contributed by atoms with Crippen molar-refractivity contribution in [3.8, 4) is 0 Å². The van der Waals surface area contributed by atoms with Gasteiger partial charge in [0.1, 0.15) is 5.82 Å². The van der Waals surface area contributed by atoms with E-state index in [0.29, 0.717) is 42.3 Å². The summed E-state index contributed by atoms with van der Waals surface area (Å²) in [5.74, 6) is 0.712. The van der Waals surface area contributed by atoms with Crippen LogP contribution in [0, 0.1) is 6.92 Å². The number of rotatable bonds is 8. The average molecular weight is 605 g/mol. The topological polar surface area (TPSA) is 67.7 Å². The molecule has 0 N–H and O–H groups in total. The van der Waals surface area contributed by atoms with Crippen LogP contribution in [0.3, 0.4) is 0 Å². The highest BCUT2D eigenvalue weighted by molar-refractivity contribution is 5.98. The normalized spacial score (nSPS) is 22.8. The molecule has 3 aliphatic rings. The Labute approximate surface area is 266 Å². The molecule has 0 aliphatic carbocycles. The molecular formula is C38H44N4O3. The number of fused-ring (bicyclic) bond motifs is 3. The maximum atomic E-state index is 13.6. The van der Waals surface area contributed by atoms with Gasteiger partial charge in [0.15, 0.2) is 0 Å². The molecule has 3 fully saturated rings. The Bertz CT molecular complexity index is 1690. The number of esters is 1. The Balaban J connectivity index is 1.07. The lowest BCUT2D eigenvalue weighted by molar-refractivity contribution is 0.0378. The summed E-state index contributed by atoms with van der Waals surface area (Å²) in [7, 11) is 0. The van der Waals surface area contributed by atoms with Crippen molar-refractivity contribution in [2.24, 2.45) is 0 Å². The van der Waals surface area contributed by atoms with Crippen molar-refractivity contribution in [1.82, 2.24) is 19.4 Å². The standard InChI is InChI=1S/C38H44N4O3/c1-26(2)45-37(44)29-11-9-10-28(24-29)36(43)40-21-18-38(19-22-40,30-12-5-4-6-13-30)20-23-41-31-16-17-34(41)35(25-31)42-27(3)39-32-14-7-8-15-33(32)42/h4-15,24,26,31,34-35H,16-23,25H2,1-3H3. The zero-order valence-electron chi connectivity index (χ0n) is 26.7. The van der Waals surface area contributed by atoms with Gasteiger partial charge >= 0.3 is 5.97 Å². The van der Waals surface area contributed by atoms with Gasteiger partial charge in [0.2, 0.25) is 0 Å². The number of imidazole rings is 1. The van der Waals surface area contributed by atoms with Crippen molar-refractivity contribution < 1.29 is 14.3 Å². The van der Waals surface area contributed by atoms with Crippen LogP contribution in [-0.4, -0.2) is 69.0 Å². The highest BCUT2D eigenvalue weighted by Crippen LogP contribution is 2.47. The van der Waals surface area contributed by atoms with E-state index in [1.54, 1.807) is 24.3 Å². The molecule has 4 heterocycles. The number of likely N-dealkylation sites (tertiary alicyclic amines) is 1. The third-order valence-electron chi connectivity index (χ3n) is 10.7. The Morgan fingerprint density at radius 1 is 0.911 bits per heavy atom. The molecule has 3 aromatic carbocycles. The summed E-state index contributed by atoms with van der Waals surface area (Å²) in [5, 5.41) is 0. The molecule has 7 rings (SSSR count). The lowest BCUT2D eigenvalue weighted by Crippen LogP contribution is -2.47. The monoisotopic (exact) mass is 604 g/mol. The Hall–Kier alpha value is -3.97. The van der Waals surface area contributed by atoms with Crippen molar-refractivity contribution in [3.63, 3.8) is 0 Å². The smallest absolute Gasteiger partial charge is 0.338 e. The summed E-state index contributed by atoms with van der Waals surface area (Å²) >= 11 is 0. The molecule has 0 saturated carbocycles. The quantitative estimate of drug-likeness (QED) is 0.204. The summed E-state index contributed by atoms with van der Waals surface area (Å²) < 4.78 is 7.88. The summed E-state index contributed by atoms with van der Waals surface area (Å²) in [5.41, 5.74) is 4.72. The van der Waals surface area contributed by atoms with E-state index in [0.717, 1.165) is 37.1 Å². The van der Waals surface area contributed by atoms with Crippen LogP contribution in [0.4, 0.5) is 0 Å². The van der Waals surface area contributed by atoms with Gasteiger partial charge in [-0.25, -0.2) is 9.78 Å². The number of carbonyl (C=O) groups excluding carboxylic acids is 2. The minimum Gasteiger partial charge on any atom is -0.459 e. The number of carbonyl (C=O) groups is 2. The molecule has 2 bridgehead atoms. The number of aromatic nitrogens is 2. The molecule has 1 amide bonds. The van der Waals surface area contributed by atoms with E-state index in [4.69, 9.17) is 9.72 Å². The Morgan fingerprint density at radius 3 is 2.42 bits per heavy atom. The first-order chi connectivity index (χ1) is 21.8. The van der Waals surface area contributed by atoms with Crippen molar-refractivity contribution in [2.45, 2.75) is 88.9 Å². The van der Waals surface area contributed by atoms with E-state index in [-0.39, 0.29) is 17.4 Å². The zero-order chi connectivity index (χ0) is 31.1. The second-order valence-electron chi connectivity index (χ2n) is 13.6. The van der Waals surface area contributed by atoms with E-state index in [1.165, 1.54) is 30.3 Å². The number of para-hydroxylation sites is 2. The van der Waals surface area contributed by atoms with Crippen molar-refractivity contribution >= 4 is 22.9 Å². The maximum absolute atomic E-state index is 13.6. The predicted molar refractivity (Wildman–Crippen MR) is 177 cm³/mol. The number of nitrogens with zero attached hydrogens (tertiary/aromatic N) is 4. The molecule has 3 atom stereocenters. The van der Waals surface area contributed by atoms with Crippen LogP contribution in [0.25, 0.3) is 11.0 Å². The molecule has 0 radical (unpaired) electrons. The van der Waals surface area contributed by atoms with Crippen LogP contribution in [0.5, 0.6) is 0 Å². The first-order valence-electron chi connectivity index (χ1n) is 16.7. The van der Waals surface area contributed by atoms with Gasteiger partial charge in [-0.2, -0.15) is 0 Å². The molecule has 3 saturated heterocycles. The summed E-state index contributed by atoms with van der Waals surface area (Å²) in [6.07, 6.45) is 6.44. The summed E-state index contributed by atoms with van der Waals surface area (Å²) in [6.45, 7) is 8.28. The van der Waals surface area contributed by atoms with Crippen molar-refractivity contribution in [3.05, 3.63) is 101 Å². The Kier molecular flexibility index (Phi) is 7.98. The number of benzene rings is 3. The molecule has 45 heavy (non-hydrogen) atoms. The largest absolute Gasteiger partial charge is 0.459 e. The van der Waals surface area contributed by atoms with E-state index in [9.17, 15) is 9.59 Å². The number of amides is 1. The van der Waals surface area contributed by atoms with Crippen LogP contribution in [0.15, 0.2) is 78.9 Å². The fourth-order valence-corrected chi connectivity index (χ4v) is 8.48. The van der Waals surface area contributed by atoms with Gasteiger partial charge in [0.25, 0.3) is 5.91 Å². The minimum atomic E-state index is -0.393. The van der Waals surface area contributed by atoms with Gasteiger partial charge in [-0.1, -0.05) is 48.5 Å². The van der Waals surface area contributed by atoms with Gasteiger partial charge in [-0.3, -0.25) is 9.69 Å². The van der Waals surface area contributed by atoms with Gasteiger partial charge in [0, 0.05) is 30.7 Å². The number of piperidine rings is 1. The van der Waals surface area contributed by atoms with Crippen LogP contribution in [0.2, 0.25) is 0 Å². The van der Waals surface area contributed by atoms with Gasteiger partial charge < -0.3 is 14.2 Å². The molecule has 0 spiro atoms. The first kappa shape index (κ1) is 29.7. The number of hydrogen-bond donors (Lipinski definition) is 0. The molecule has 3 unspecified atom stereocenters. The summed E-state index contributed by atoms with van der Waals surface area (Å²) in [4.78, 5) is 35.8. The van der Waals surface area contributed by atoms with Crippen molar-refractivity contribution in [2.75, 3.05) is 19.6 Å². The molecule has 7 heteroatoms. The van der Waals surface area contributed by atoms with Crippen LogP contribution >= 0.6 is 0 Å². The first-order valence-corrected chi connectivity index (χ1v) is 16.7. The van der Waals surface area contributed by atoms with Crippen LogP contribution in [0.1, 0.15) is 90.5 Å². The maximum Gasteiger partial charge on any atom is 0.338 e. The van der Waals surface area contributed by atoms with Crippen molar-refractivity contribution in [1.29, 1.82) is 0 Å². The van der Waals surface area contributed by atoms with E-state index in [2.05, 4.69) is 71.0 Å². The zero-order valence-corrected chi connectivity index (χ0v) is 26.7. The number of aryl methyl sites for hydroxylation is 1. The molecule has 1 aromatic heterocycles. The SMILES string of the molecule is Cc1nc2ccccc2n1C1CC2CCC1N2CCC1(c2ccccc2)CCN(C(=O)c2cccc(C(=O)OC(C)C)c2)CC1. The highest BCUT2D eigenvalue weighted by Gasteiger charge is 2.48. The average Bonchev–Trinajstić information content (AvgIpc) is 3.73. The number of hydrogen-bond acceptors (Lipinski definition) is 5. The third-order valence-corrected chi connectivity index (χ3v) is 10.7. The second-order valence-corrected chi connectivity index (χ2v) is 13.6. The lowest BCUT2D eigenvalue weighted by atomic mass is 9.70.